The van der Waals surface area contributed by atoms with Gasteiger partial charge in [0.25, 0.3) is 0 Å². The molecule has 1 N–H and O–H groups in total. The average Bonchev–Trinajstić information content (AvgIpc) is 2.88. The Labute approximate surface area is 196 Å². The normalized spacial score (nSPS) is 15.1. The first-order valence-corrected chi connectivity index (χ1v) is 11.5. The molecule has 172 valence electrons. The first-order valence-electron chi connectivity index (χ1n) is 11.5. The summed E-state index contributed by atoms with van der Waals surface area (Å²) in [6.45, 7) is 4.49. The number of nitrogens with one attached hydrogen (secondary N) is 1. The van der Waals surface area contributed by atoms with E-state index in [4.69, 9.17) is 4.74 Å². The number of hydrogen-bond donors (Lipinski definition) is 1. The molecule has 0 spiro atoms. The van der Waals surface area contributed by atoms with Crippen molar-refractivity contribution in [2.75, 3.05) is 51.3 Å². The number of ether oxygens (including phenoxy) is 1. The van der Waals surface area contributed by atoms with Crippen molar-refractivity contribution in [3.63, 3.8) is 0 Å². The molecule has 1 aliphatic rings. The lowest BCUT2D eigenvalue weighted by Crippen LogP contribution is -2.49. The highest BCUT2D eigenvalue weighted by Gasteiger charge is 2.21. The van der Waals surface area contributed by atoms with E-state index in [0.717, 1.165) is 44.0 Å². The Bertz CT molecular complexity index is 1000. The number of hydrogen-bond acceptors (Lipinski definition) is 5. The summed E-state index contributed by atoms with van der Waals surface area (Å²) >= 11 is 0. The molecule has 1 atom stereocenters. The molecule has 0 aliphatic carbocycles. The van der Waals surface area contributed by atoms with E-state index in [1.165, 1.54) is 11.1 Å². The van der Waals surface area contributed by atoms with Crippen molar-refractivity contribution in [1.82, 2.24) is 15.2 Å². The van der Waals surface area contributed by atoms with Crippen LogP contribution >= 0.6 is 0 Å². The van der Waals surface area contributed by atoms with Crippen LogP contribution in [0.25, 0.3) is 0 Å². The number of piperazine rings is 1. The molecule has 1 unspecified atom stereocenters. The third kappa shape index (κ3) is 6.33. The van der Waals surface area contributed by atoms with Gasteiger partial charge in [-0.3, -0.25) is 14.7 Å². The topological polar surface area (TPSA) is 57.7 Å². The van der Waals surface area contributed by atoms with Gasteiger partial charge in [0.1, 0.15) is 5.75 Å². The van der Waals surface area contributed by atoms with Gasteiger partial charge < -0.3 is 15.0 Å². The summed E-state index contributed by atoms with van der Waals surface area (Å²) < 4.78 is 5.50. The van der Waals surface area contributed by atoms with Gasteiger partial charge in [0.15, 0.2) is 0 Å². The maximum Gasteiger partial charge on any atom is 0.234 e. The number of rotatable bonds is 9. The summed E-state index contributed by atoms with van der Waals surface area (Å²) in [5.74, 6) is 1.18. The first-order chi connectivity index (χ1) is 16.2. The van der Waals surface area contributed by atoms with Gasteiger partial charge in [-0.15, -0.1) is 0 Å². The van der Waals surface area contributed by atoms with Crippen LogP contribution in [0.1, 0.15) is 17.0 Å². The maximum atomic E-state index is 12.8. The Kier molecular flexibility index (Phi) is 7.93. The molecule has 6 heteroatoms. The van der Waals surface area contributed by atoms with Crippen LogP contribution in [0.15, 0.2) is 79.1 Å². The number of pyridine rings is 1. The zero-order valence-electron chi connectivity index (χ0n) is 19.2. The molecule has 0 bridgehead atoms. The Morgan fingerprint density at radius 3 is 2.48 bits per heavy atom. The molecule has 1 saturated heterocycles. The van der Waals surface area contributed by atoms with Gasteiger partial charge in [-0.1, -0.05) is 48.5 Å². The summed E-state index contributed by atoms with van der Waals surface area (Å²) in [5.41, 5.74) is 3.52. The standard InChI is InChI=1S/C27H32N4O2/c1-33-26-12-6-5-11-25(26)31-16-14-30(15-17-31)21-27(32)29-20-24(23-9-3-2-4-10-23)18-22-8-7-13-28-19-22/h2-13,19,24H,14-18,20-21H2,1H3,(H,29,32). The highest BCUT2D eigenvalue weighted by molar-refractivity contribution is 5.78. The molecule has 1 aliphatic heterocycles. The molecule has 1 aromatic heterocycles. The fourth-order valence-corrected chi connectivity index (χ4v) is 4.37. The summed E-state index contributed by atoms with van der Waals surface area (Å²) in [7, 11) is 1.70. The highest BCUT2D eigenvalue weighted by Crippen LogP contribution is 2.28. The Morgan fingerprint density at radius 1 is 1.00 bits per heavy atom. The first kappa shape index (κ1) is 22.8. The lowest BCUT2D eigenvalue weighted by molar-refractivity contribution is -0.122. The number of methoxy groups -OCH3 is 1. The molecule has 33 heavy (non-hydrogen) atoms. The molecular weight excluding hydrogens is 412 g/mol. The van der Waals surface area contributed by atoms with Crippen LogP contribution in [0, 0.1) is 0 Å². The number of aromatic nitrogens is 1. The monoisotopic (exact) mass is 444 g/mol. The Hall–Kier alpha value is -3.38. The molecule has 1 fully saturated rings. The van der Waals surface area contributed by atoms with E-state index in [9.17, 15) is 4.79 Å². The van der Waals surface area contributed by atoms with Crippen molar-refractivity contribution in [1.29, 1.82) is 0 Å². The van der Waals surface area contributed by atoms with Crippen LogP contribution in [0.3, 0.4) is 0 Å². The van der Waals surface area contributed by atoms with Crippen LogP contribution in [0.2, 0.25) is 0 Å². The van der Waals surface area contributed by atoms with Crippen molar-refractivity contribution in [2.45, 2.75) is 12.3 Å². The van der Waals surface area contributed by atoms with Crippen LogP contribution in [-0.2, 0) is 11.2 Å². The van der Waals surface area contributed by atoms with E-state index >= 15 is 0 Å². The van der Waals surface area contributed by atoms with Crippen LogP contribution in [0.4, 0.5) is 5.69 Å². The predicted molar refractivity (Wildman–Crippen MR) is 132 cm³/mol. The van der Waals surface area contributed by atoms with E-state index in [0.29, 0.717) is 13.1 Å². The second-order valence-electron chi connectivity index (χ2n) is 8.41. The van der Waals surface area contributed by atoms with Crippen molar-refractivity contribution in [3.05, 3.63) is 90.3 Å². The quantitative estimate of drug-likeness (QED) is 0.549. The average molecular weight is 445 g/mol. The lowest BCUT2D eigenvalue weighted by atomic mass is 9.92. The molecule has 2 heterocycles. The summed E-state index contributed by atoms with van der Waals surface area (Å²) in [5, 5.41) is 3.18. The fraction of sp³-hybridized carbons (Fsp3) is 0.333. The van der Waals surface area contributed by atoms with Gasteiger partial charge >= 0.3 is 0 Å². The van der Waals surface area contributed by atoms with Gasteiger partial charge in [-0.25, -0.2) is 0 Å². The van der Waals surface area contributed by atoms with Crippen LogP contribution in [0.5, 0.6) is 5.75 Å². The Balaban J connectivity index is 1.29. The Morgan fingerprint density at radius 2 is 1.76 bits per heavy atom. The number of carbonyl (C=O) groups excluding carboxylic acids is 1. The molecule has 4 rings (SSSR count). The molecule has 0 radical (unpaired) electrons. The number of benzene rings is 2. The number of anilines is 1. The van der Waals surface area contributed by atoms with Crippen molar-refractivity contribution in [3.8, 4) is 5.75 Å². The third-order valence-electron chi connectivity index (χ3n) is 6.19. The van der Waals surface area contributed by atoms with E-state index in [1.54, 1.807) is 13.3 Å². The van der Waals surface area contributed by atoms with Crippen molar-refractivity contribution < 1.29 is 9.53 Å². The van der Waals surface area contributed by atoms with Crippen LogP contribution in [-0.4, -0.2) is 62.2 Å². The lowest BCUT2D eigenvalue weighted by Gasteiger charge is -2.36. The fourth-order valence-electron chi connectivity index (χ4n) is 4.37. The van der Waals surface area contributed by atoms with Gasteiger partial charge in [0.2, 0.25) is 5.91 Å². The molecule has 6 nitrogen and oxygen atoms in total. The van der Waals surface area contributed by atoms with Gasteiger partial charge in [-0.05, 0) is 35.7 Å². The number of amides is 1. The molecule has 0 saturated carbocycles. The summed E-state index contributed by atoms with van der Waals surface area (Å²) in [4.78, 5) is 21.5. The minimum Gasteiger partial charge on any atom is -0.495 e. The van der Waals surface area contributed by atoms with E-state index < -0.39 is 0 Å². The second kappa shape index (κ2) is 11.5. The minimum atomic E-state index is 0.0767. The molecular formula is C27H32N4O2. The zero-order chi connectivity index (χ0) is 22.9. The molecule has 1 amide bonds. The maximum absolute atomic E-state index is 12.8. The van der Waals surface area contributed by atoms with Crippen LogP contribution < -0.4 is 15.0 Å². The van der Waals surface area contributed by atoms with E-state index in [2.05, 4.69) is 56.5 Å². The minimum absolute atomic E-state index is 0.0767. The van der Waals surface area contributed by atoms with Gasteiger partial charge in [0.05, 0.1) is 19.3 Å². The molecule has 2 aromatic carbocycles. The smallest absolute Gasteiger partial charge is 0.234 e. The zero-order valence-corrected chi connectivity index (χ0v) is 19.2. The second-order valence-corrected chi connectivity index (χ2v) is 8.41. The number of para-hydroxylation sites is 2. The number of nitrogens with zero attached hydrogens (tertiary/aromatic N) is 3. The SMILES string of the molecule is COc1ccccc1N1CCN(CC(=O)NCC(Cc2cccnc2)c2ccccc2)CC1. The van der Waals surface area contributed by atoms with Gasteiger partial charge in [-0.2, -0.15) is 0 Å². The van der Waals surface area contributed by atoms with E-state index in [-0.39, 0.29) is 11.8 Å². The summed E-state index contributed by atoms with van der Waals surface area (Å²) in [6.07, 6.45) is 4.53. The van der Waals surface area contributed by atoms with E-state index in [1.807, 2.05) is 36.5 Å². The summed E-state index contributed by atoms with van der Waals surface area (Å²) in [6, 6.07) is 22.5. The van der Waals surface area contributed by atoms with Gasteiger partial charge in [0, 0.05) is 51.0 Å². The third-order valence-corrected chi connectivity index (χ3v) is 6.19. The van der Waals surface area contributed by atoms with Crippen molar-refractivity contribution >= 4 is 11.6 Å². The van der Waals surface area contributed by atoms with Crippen molar-refractivity contribution in [2.24, 2.45) is 0 Å². The highest BCUT2D eigenvalue weighted by atomic mass is 16.5. The molecule has 3 aromatic rings. The number of carbonyl (C=O) groups is 1. The largest absolute Gasteiger partial charge is 0.495 e. The predicted octanol–water partition coefficient (Wildman–Crippen LogP) is 3.35.